The normalized spacial score (nSPS) is 18.4. The van der Waals surface area contributed by atoms with Gasteiger partial charge in [0.25, 0.3) is 0 Å². The second-order valence-corrected chi connectivity index (χ2v) is 5.67. The minimum Gasteiger partial charge on any atom is -0.317 e. The molecule has 1 fully saturated rings. The Bertz CT molecular complexity index is 176. The smallest absolute Gasteiger partial charge is 0.00993 e. The molecule has 2 heteroatoms. The molecule has 1 atom stereocenters. The van der Waals surface area contributed by atoms with Gasteiger partial charge in [-0.05, 0) is 51.6 Å². The Morgan fingerprint density at radius 2 is 1.94 bits per heavy atom. The van der Waals surface area contributed by atoms with Crippen molar-refractivity contribution in [2.45, 2.75) is 65.5 Å². The summed E-state index contributed by atoms with van der Waals surface area (Å²) in [7, 11) is 0. The van der Waals surface area contributed by atoms with Crippen molar-refractivity contribution < 1.29 is 0 Å². The molecule has 0 bridgehead atoms. The van der Waals surface area contributed by atoms with Crippen molar-refractivity contribution in [1.29, 1.82) is 0 Å². The third-order valence-corrected chi connectivity index (χ3v) is 3.38. The monoisotopic (exact) mass is 226 g/mol. The van der Waals surface area contributed by atoms with E-state index in [4.69, 9.17) is 0 Å². The maximum atomic E-state index is 3.41. The average Bonchev–Trinajstić information content (AvgIpc) is 3.04. The van der Waals surface area contributed by atoms with Crippen LogP contribution in [0.5, 0.6) is 0 Å². The summed E-state index contributed by atoms with van der Waals surface area (Å²) in [5.74, 6) is 0.803. The van der Waals surface area contributed by atoms with E-state index >= 15 is 0 Å². The molecule has 16 heavy (non-hydrogen) atoms. The number of nitrogens with one attached hydrogen (secondary N) is 1. The van der Waals surface area contributed by atoms with E-state index in [0.29, 0.717) is 0 Å². The lowest BCUT2D eigenvalue weighted by Crippen LogP contribution is -2.38. The topological polar surface area (TPSA) is 15.3 Å². The standard InChI is InChI=1S/C14H30N2/c1-5-15-10-6-7-13(4)16(11-12(2)3)14-8-9-14/h12-15H,5-11H2,1-4H3. The molecular formula is C14H30N2. The van der Waals surface area contributed by atoms with Crippen molar-refractivity contribution in [3.8, 4) is 0 Å². The van der Waals surface area contributed by atoms with Gasteiger partial charge in [0, 0.05) is 18.6 Å². The first-order valence-corrected chi connectivity index (χ1v) is 7.11. The Labute approximate surface area is 102 Å². The fraction of sp³-hybridized carbons (Fsp3) is 1.00. The van der Waals surface area contributed by atoms with Crippen LogP contribution in [0.2, 0.25) is 0 Å². The molecule has 1 N–H and O–H groups in total. The van der Waals surface area contributed by atoms with Crippen LogP contribution in [0.4, 0.5) is 0 Å². The molecule has 0 aliphatic heterocycles. The van der Waals surface area contributed by atoms with Crippen molar-refractivity contribution in [1.82, 2.24) is 10.2 Å². The number of hydrogen-bond donors (Lipinski definition) is 1. The highest BCUT2D eigenvalue weighted by Gasteiger charge is 2.31. The Hall–Kier alpha value is -0.0800. The summed E-state index contributed by atoms with van der Waals surface area (Å²) in [4.78, 5) is 2.75. The fourth-order valence-corrected chi connectivity index (χ4v) is 2.38. The predicted molar refractivity (Wildman–Crippen MR) is 71.8 cm³/mol. The zero-order chi connectivity index (χ0) is 12.0. The zero-order valence-electron chi connectivity index (χ0n) is 11.6. The van der Waals surface area contributed by atoms with Crippen LogP contribution in [-0.4, -0.2) is 36.6 Å². The summed E-state index contributed by atoms with van der Waals surface area (Å²) in [5, 5.41) is 3.41. The van der Waals surface area contributed by atoms with Crippen LogP contribution in [0.1, 0.15) is 53.4 Å². The van der Waals surface area contributed by atoms with Gasteiger partial charge < -0.3 is 5.32 Å². The summed E-state index contributed by atoms with van der Waals surface area (Å²) >= 11 is 0. The molecule has 1 saturated carbocycles. The van der Waals surface area contributed by atoms with Gasteiger partial charge in [0.15, 0.2) is 0 Å². The van der Waals surface area contributed by atoms with Crippen LogP contribution in [-0.2, 0) is 0 Å². The van der Waals surface area contributed by atoms with E-state index in [-0.39, 0.29) is 0 Å². The van der Waals surface area contributed by atoms with Gasteiger partial charge in [-0.25, -0.2) is 0 Å². The fourth-order valence-electron chi connectivity index (χ4n) is 2.38. The third-order valence-electron chi connectivity index (χ3n) is 3.38. The van der Waals surface area contributed by atoms with Crippen molar-refractivity contribution in [3.63, 3.8) is 0 Å². The summed E-state index contributed by atoms with van der Waals surface area (Å²) in [5.41, 5.74) is 0. The van der Waals surface area contributed by atoms with Crippen LogP contribution in [0.3, 0.4) is 0 Å². The van der Waals surface area contributed by atoms with E-state index < -0.39 is 0 Å². The minimum atomic E-state index is 0.772. The van der Waals surface area contributed by atoms with Gasteiger partial charge in [0.2, 0.25) is 0 Å². The number of nitrogens with zero attached hydrogens (tertiary/aromatic N) is 1. The summed E-state index contributed by atoms with van der Waals surface area (Å²) in [6, 6.07) is 1.69. The molecule has 1 aliphatic carbocycles. The zero-order valence-corrected chi connectivity index (χ0v) is 11.6. The highest BCUT2D eigenvalue weighted by molar-refractivity contribution is 4.87. The van der Waals surface area contributed by atoms with Crippen LogP contribution < -0.4 is 5.32 Å². The Morgan fingerprint density at radius 1 is 1.25 bits per heavy atom. The van der Waals surface area contributed by atoms with E-state index in [1.165, 1.54) is 38.8 Å². The van der Waals surface area contributed by atoms with Gasteiger partial charge >= 0.3 is 0 Å². The molecule has 0 radical (unpaired) electrons. The van der Waals surface area contributed by atoms with Crippen molar-refractivity contribution >= 4 is 0 Å². The third kappa shape index (κ3) is 5.31. The highest BCUT2D eigenvalue weighted by Crippen LogP contribution is 2.30. The molecule has 96 valence electrons. The van der Waals surface area contributed by atoms with E-state index in [1.54, 1.807) is 0 Å². The first kappa shape index (κ1) is 14.0. The molecule has 0 aromatic rings. The molecule has 0 amide bonds. The number of rotatable bonds is 9. The van der Waals surface area contributed by atoms with Gasteiger partial charge in [-0.2, -0.15) is 0 Å². The lowest BCUT2D eigenvalue weighted by Gasteiger charge is -2.30. The molecule has 1 rings (SSSR count). The largest absolute Gasteiger partial charge is 0.317 e. The number of hydrogen-bond acceptors (Lipinski definition) is 2. The van der Waals surface area contributed by atoms with Gasteiger partial charge in [0.05, 0.1) is 0 Å². The Morgan fingerprint density at radius 3 is 2.44 bits per heavy atom. The van der Waals surface area contributed by atoms with Gasteiger partial charge in [-0.15, -0.1) is 0 Å². The highest BCUT2D eigenvalue weighted by atomic mass is 15.2. The summed E-state index contributed by atoms with van der Waals surface area (Å²) in [6.07, 6.45) is 5.53. The van der Waals surface area contributed by atoms with E-state index in [2.05, 4.69) is 37.9 Å². The molecule has 0 aromatic carbocycles. The van der Waals surface area contributed by atoms with E-state index in [9.17, 15) is 0 Å². The molecule has 1 unspecified atom stereocenters. The van der Waals surface area contributed by atoms with E-state index in [0.717, 1.165) is 24.5 Å². The first-order valence-electron chi connectivity index (χ1n) is 7.11. The van der Waals surface area contributed by atoms with Crippen LogP contribution in [0, 0.1) is 5.92 Å². The van der Waals surface area contributed by atoms with Crippen molar-refractivity contribution in [2.24, 2.45) is 5.92 Å². The SMILES string of the molecule is CCNCCCC(C)N(CC(C)C)C1CC1. The second-order valence-electron chi connectivity index (χ2n) is 5.67. The van der Waals surface area contributed by atoms with Gasteiger partial charge in [0.1, 0.15) is 0 Å². The Kier molecular flexibility index (Phi) is 6.37. The molecular weight excluding hydrogens is 196 g/mol. The summed E-state index contributed by atoms with van der Waals surface area (Å²) < 4.78 is 0. The van der Waals surface area contributed by atoms with Crippen LogP contribution in [0.25, 0.3) is 0 Å². The van der Waals surface area contributed by atoms with Gasteiger partial charge in [-0.3, -0.25) is 4.90 Å². The van der Waals surface area contributed by atoms with Crippen LogP contribution in [0.15, 0.2) is 0 Å². The average molecular weight is 226 g/mol. The maximum absolute atomic E-state index is 3.41. The van der Waals surface area contributed by atoms with Crippen molar-refractivity contribution in [3.05, 3.63) is 0 Å². The van der Waals surface area contributed by atoms with Crippen molar-refractivity contribution in [2.75, 3.05) is 19.6 Å². The van der Waals surface area contributed by atoms with Crippen LogP contribution >= 0.6 is 0 Å². The molecule has 1 aliphatic rings. The molecule has 0 aromatic heterocycles. The first-order chi connectivity index (χ1) is 7.65. The Balaban J connectivity index is 2.21. The maximum Gasteiger partial charge on any atom is 0.00993 e. The molecule has 2 nitrogen and oxygen atoms in total. The second kappa shape index (κ2) is 7.29. The van der Waals surface area contributed by atoms with E-state index in [1.807, 2.05) is 0 Å². The molecule has 0 saturated heterocycles. The lowest BCUT2D eigenvalue weighted by atomic mass is 10.1. The molecule has 0 spiro atoms. The predicted octanol–water partition coefficient (Wildman–Crippen LogP) is 2.89. The summed E-state index contributed by atoms with van der Waals surface area (Å²) in [6.45, 7) is 12.8. The van der Waals surface area contributed by atoms with Gasteiger partial charge in [-0.1, -0.05) is 20.8 Å². The molecule has 0 heterocycles. The minimum absolute atomic E-state index is 0.772. The lowest BCUT2D eigenvalue weighted by molar-refractivity contribution is 0.166. The quantitative estimate of drug-likeness (QED) is 0.608.